The lowest BCUT2D eigenvalue weighted by Gasteiger charge is -2.18. The number of carbonyl (C=O) groups is 1. The number of likely N-dealkylation sites (N-methyl/N-ethyl adjacent to an activating group) is 1. The van der Waals surface area contributed by atoms with E-state index in [0.29, 0.717) is 24.4 Å². The van der Waals surface area contributed by atoms with Crippen LogP contribution in [0.1, 0.15) is 10.4 Å². The number of thioether (sulfide) groups is 1. The molecule has 0 radical (unpaired) electrons. The van der Waals surface area contributed by atoms with Gasteiger partial charge < -0.3 is 20.1 Å². The fourth-order valence-electron chi connectivity index (χ4n) is 1.81. The van der Waals surface area contributed by atoms with E-state index in [2.05, 4.69) is 10.2 Å². The minimum atomic E-state index is -0.898. The molecule has 0 aliphatic carbocycles. The summed E-state index contributed by atoms with van der Waals surface area (Å²) in [5.74, 6) is -0.898. The van der Waals surface area contributed by atoms with Gasteiger partial charge in [0.1, 0.15) is 0 Å². The first-order chi connectivity index (χ1) is 9.60. The third-order valence-electron chi connectivity index (χ3n) is 2.95. The van der Waals surface area contributed by atoms with Crippen molar-refractivity contribution >= 4 is 23.4 Å². The third-order valence-corrected chi connectivity index (χ3v) is 3.73. The van der Waals surface area contributed by atoms with Crippen LogP contribution in [0.4, 0.5) is 5.69 Å². The number of methoxy groups -OCH3 is 1. The van der Waals surface area contributed by atoms with Crippen molar-refractivity contribution in [1.82, 2.24) is 4.90 Å². The number of anilines is 1. The van der Waals surface area contributed by atoms with Gasteiger partial charge in [0.05, 0.1) is 12.2 Å². The summed E-state index contributed by atoms with van der Waals surface area (Å²) in [4.78, 5) is 14.3. The first-order valence-corrected chi connectivity index (χ1v) is 7.64. The summed E-state index contributed by atoms with van der Waals surface area (Å²) in [6.45, 7) is 3.07. The van der Waals surface area contributed by atoms with Gasteiger partial charge in [-0.05, 0) is 25.4 Å². The van der Waals surface area contributed by atoms with Gasteiger partial charge in [-0.1, -0.05) is 6.07 Å². The van der Waals surface area contributed by atoms with E-state index in [-0.39, 0.29) is 0 Å². The van der Waals surface area contributed by atoms with Crippen LogP contribution in [0.2, 0.25) is 0 Å². The average molecular weight is 298 g/mol. The van der Waals surface area contributed by atoms with E-state index in [1.807, 2.05) is 25.4 Å². The lowest BCUT2D eigenvalue weighted by Crippen LogP contribution is -2.28. The van der Waals surface area contributed by atoms with Crippen molar-refractivity contribution in [3.63, 3.8) is 0 Å². The Bertz CT molecular complexity index is 440. The quantitative estimate of drug-likeness (QED) is 0.681. The fraction of sp³-hybridized carbons (Fsp3) is 0.500. The monoisotopic (exact) mass is 298 g/mol. The molecule has 0 spiro atoms. The van der Waals surface area contributed by atoms with Crippen molar-refractivity contribution in [2.75, 3.05) is 52.0 Å². The molecule has 0 bridgehead atoms. The molecule has 0 saturated carbocycles. The van der Waals surface area contributed by atoms with E-state index in [9.17, 15) is 9.90 Å². The van der Waals surface area contributed by atoms with Gasteiger partial charge in [-0.2, -0.15) is 0 Å². The fourth-order valence-corrected chi connectivity index (χ4v) is 2.43. The summed E-state index contributed by atoms with van der Waals surface area (Å²) in [5, 5.41) is 12.5. The molecule has 0 fully saturated rings. The number of hydrogen-bond acceptors (Lipinski definition) is 5. The van der Waals surface area contributed by atoms with Crippen LogP contribution < -0.4 is 5.32 Å². The maximum atomic E-state index is 11.4. The molecule has 20 heavy (non-hydrogen) atoms. The number of carboxylic acid groups (broad SMARTS) is 1. The predicted octanol–water partition coefficient (Wildman–Crippen LogP) is 2.10. The molecule has 0 aliphatic rings. The molecule has 0 atom stereocenters. The number of ether oxygens (including phenoxy) is 1. The maximum Gasteiger partial charge on any atom is 0.338 e. The van der Waals surface area contributed by atoms with E-state index in [4.69, 9.17) is 4.74 Å². The second kappa shape index (κ2) is 8.84. The van der Waals surface area contributed by atoms with Gasteiger partial charge in [0, 0.05) is 37.3 Å². The van der Waals surface area contributed by atoms with E-state index in [1.54, 1.807) is 13.2 Å². The number of nitrogens with zero attached hydrogens (tertiary/aromatic N) is 1. The van der Waals surface area contributed by atoms with Gasteiger partial charge in [0.15, 0.2) is 0 Å². The first-order valence-electron chi connectivity index (χ1n) is 6.41. The second-order valence-corrected chi connectivity index (χ2v) is 5.26. The summed E-state index contributed by atoms with van der Waals surface area (Å²) >= 11 is 1.44. The van der Waals surface area contributed by atoms with Crippen molar-refractivity contribution in [3.8, 4) is 0 Å². The summed E-state index contributed by atoms with van der Waals surface area (Å²) in [7, 11) is 3.69. The van der Waals surface area contributed by atoms with Crippen molar-refractivity contribution in [3.05, 3.63) is 23.8 Å². The molecule has 0 heterocycles. The van der Waals surface area contributed by atoms with Crippen LogP contribution in [0.25, 0.3) is 0 Å². The Morgan fingerprint density at radius 2 is 2.20 bits per heavy atom. The molecule has 1 aromatic rings. The van der Waals surface area contributed by atoms with Gasteiger partial charge in [-0.3, -0.25) is 0 Å². The van der Waals surface area contributed by atoms with Crippen LogP contribution in [-0.4, -0.2) is 62.6 Å². The van der Waals surface area contributed by atoms with Crippen LogP contribution >= 0.6 is 11.8 Å². The van der Waals surface area contributed by atoms with Crippen molar-refractivity contribution in [2.45, 2.75) is 4.90 Å². The SMILES string of the molecule is COCCN(C)CCNc1cccc(SC)c1C(=O)O. The molecule has 0 saturated heterocycles. The van der Waals surface area contributed by atoms with Gasteiger partial charge in [0.25, 0.3) is 0 Å². The largest absolute Gasteiger partial charge is 0.478 e. The lowest BCUT2D eigenvalue weighted by atomic mass is 10.2. The Kier molecular flexibility index (Phi) is 7.43. The minimum Gasteiger partial charge on any atom is -0.478 e. The van der Waals surface area contributed by atoms with Crippen molar-refractivity contribution in [1.29, 1.82) is 0 Å². The number of hydrogen-bond donors (Lipinski definition) is 2. The smallest absolute Gasteiger partial charge is 0.338 e. The molecule has 0 aromatic heterocycles. The van der Waals surface area contributed by atoms with Gasteiger partial charge in [0.2, 0.25) is 0 Å². The molecule has 2 N–H and O–H groups in total. The molecule has 0 unspecified atom stereocenters. The third kappa shape index (κ3) is 5.03. The normalized spacial score (nSPS) is 10.8. The number of nitrogens with one attached hydrogen (secondary N) is 1. The molecule has 1 rings (SSSR count). The maximum absolute atomic E-state index is 11.4. The average Bonchev–Trinajstić information content (AvgIpc) is 2.44. The molecule has 0 aliphatic heterocycles. The Balaban J connectivity index is 2.62. The van der Waals surface area contributed by atoms with Crippen LogP contribution in [-0.2, 0) is 4.74 Å². The Labute approximate surface area is 124 Å². The van der Waals surface area contributed by atoms with E-state index in [0.717, 1.165) is 18.0 Å². The summed E-state index contributed by atoms with van der Waals surface area (Å²) in [6.07, 6.45) is 1.88. The number of benzene rings is 1. The number of carboxylic acids is 1. The first kappa shape index (κ1) is 16.8. The molecule has 1 aromatic carbocycles. The number of rotatable bonds is 9. The zero-order chi connectivity index (χ0) is 15.0. The van der Waals surface area contributed by atoms with Crippen LogP contribution in [0.15, 0.2) is 23.1 Å². The van der Waals surface area contributed by atoms with Gasteiger partial charge in [-0.25, -0.2) is 4.79 Å². The lowest BCUT2D eigenvalue weighted by molar-refractivity contribution is 0.0694. The molecular formula is C14H22N2O3S. The van der Waals surface area contributed by atoms with Crippen LogP contribution in [0, 0.1) is 0 Å². The Morgan fingerprint density at radius 1 is 1.45 bits per heavy atom. The second-order valence-electron chi connectivity index (χ2n) is 4.41. The zero-order valence-corrected chi connectivity index (χ0v) is 13.0. The Morgan fingerprint density at radius 3 is 2.80 bits per heavy atom. The highest BCUT2D eigenvalue weighted by Crippen LogP contribution is 2.26. The van der Waals surface area contributed by atoms with Crippen molar-refractivity contribution in [2.24, 2.45) is 0 Å². The van der Waals surface area contributed by atoms with Gasteiger partial charge >= 0.3 is 5.97 Å². The Hall–Kier alpha value is -1.24. The molecule has 0 amide bonds. The summed E-state index contributed by atoms with van der Waals surface area (Å²) in [6, 6.07) is 5.50. The van der Waals surface area contributed by atoms with Gasteiger partial charge in [-0.15, -0.1) is 11.8 Å². The summed E-state index contributed by atoms with van der Waals surface area (Å²) < 4.78 is 5.02. The predicted molar refractivity (Wildman–Crippen MR) is 83.0 cm³/mol. The standard InChI is InChI=1S/C14H22N2O3S/c1-16(9-10-19-2)8-7-15-11-5-4-6-12(20-3)13(11)14(17)18/h4-6,15H,7-10H2,1-3H3,(H,17,18). The molecule has 112 valence electrons. The van der Waals surface area contributed by atoms with Crippen molar-refractivity contribution < 1.29 is 14.6 Å². The molecule has 5 nitrogen and oxygen atoms in total. The molecule has 6 heteroatoms. The zero-order valence-electron chi connectivity index (χ0n) is 12.2. The highest BCUT2D eigenvalue weighted by Gasteiger charge is 2.14. The topological polar surface area (TPSA) is 61.8 Å². The van der Waals surface area contributed by atoms with Crippen LogP contribution in [0.3, 0.4) is 0 Å². The highest BCUT2D eigenvalue weighted by atomic mass is 32.2. The van der Waals surface area contributed by atoms with E-state index < -0.39 is 5.97 Å². The van der Waals surface area contributed by atoms with E-state index in [1.165, 1.54) is 11.8 Å². The minimum absolute atomic E-state index is 0.347. The molecular weight excluding hydrogens is 276 g/mol. The summed E-state index contributed by atoms with van der Waals surface area (Å²) in [5.41, 5.74) is 1.02. The number of aromatic carboxylic acids is 1. The van der Waals surface area contributed by atoms with Crippen LogP contribution in [0.5, 0.6) is 0 Å². The van der Waals surface area contributed by atoms with E-state index >= 15 is 0 Å². The highest BCUT2D eigenvalue weighted by molar-refractivity contribution is 7.98.